The first kappa shape index (κ1) is 14.2. The zero-order valence-electron chi connectivity index (χ0n) is 12.4. The molecule has 106 valence electrons. The number of nitrogens with one attached hydrogen (secondary N) is 1. The van der Waals surface area contributed by atoms with Crippen LogP contribution in [0.4, 0.5) is 5.69 Å². The van der Waals surface area contributed by atoms with Crippen LogP contribution in [0.15, 0.2) is 18.2 Å². The molecule has 19 heavy (non-hydrogen) atoms. The normalized spacial score (nSPS) is 16.3. The van der Waals surface area contributed by atoms with Crippen LogP contribution in [-0.4, -0.2) is 13.2 Å². The maximum absolute atomic E-state index is 5.67. The molecule has 2 nitrogen and oxygen atoms in total. The third-order valence-corrected chi connectivity index (χ3v) is 4.03. The summed E-state index contributed by atoms with van der Waals surface area (Å²) in [5, 5.41) is 3.56. The lowest BCUT2D eigenvalue weighted by molar-refractivity contribution is 0.339. The Kier molecular flexibility index (Phi) is 5.56. The largest absolute Gasteiger partial charge is 0.492 e. The van der Waals surface area contributed by atoms with Crippen molar-refractivity contribution < 1.29 is 4.74 Å². The molecule has 0 aliphatic heterocycles. The first-order chi connectivity index (χ1) is 9.29. The van der Waals surface area contributed by atoms with E-state index in [4.69, 9.17) is 4.74 Å². The van der Waals surface area contributed by atoms with Gasteiger partial charge in [0.05, 0.1) is 12.3 Å². The van der Waals surface area contributed by atoms with Gasteiger partial charge < -0.3 is 10.1 Å². The Hall–Kier alpha value is -1.18. The van der Waals surface area contributed by atoms with Crippen molar-refractivity contribution in [2.75, 3.05) is 18.5 Å². The van der Waals surface area contributed by atoms with Gasteiger partial charge in [0.2, 0.25) is 0 Å². The molecule has 2 heteroatoms. The Morgan fingerprint density at radius 3 is 2.74 bits per heavy atom. The monoisotopic (exact) mass is 261 g/mol. The Balaban J connectivity index is 1.85. The number of hydrogen-bond donors (Lipinski definition) is 1. The second kappa shape index (κ2) is 7.42. The molecular weight excluding hydrogens is 234 g/mol. The number of benzene rings is 1. The molecule has 1 N–H and O–H groups in total. The van der Waals surface area contributed by atoms with Crippen LogP contribution >= 0.6 is 0 Å². The average Bonchev–Trinajstić information content (AvgIpc) is 2.43. The maximum atomic E-state index is 5.67. The highest BCUT2D eigenvalue weighted by Gasteiger charge is 2.13. The summed E-state index contributed by atoms with van der Waals surface area (Å²) in [6.07, 6.45) is 8.44. The summed E-state index contributed by atoms with van der Waals surface area (Å²) in [6, 6.07) is 6.37. The molecule has 1 fully saturated rings. The van der Waals surface area contributed by atoms with Gasteiger partial charge in [0, 0.05) is 6.54 Å². The first-order valence-corrected chi connectivity index (χ1v) is 7.77. The van der Waals surface area contributed by atoms with E-state index in [2.05, 4.69) is 30.4 Å². The van der Waals surface area contributed by atoms with Crippen LogP contribution < -0.4 is 10.1 Å². The Morgan fingerprint density at radius 2 is 2.00 bits per heavy atom. The second-order valence-electron chi connectivity index (χ2n) is 5.65. The van der Waals surface area contributed by atoms with E-state index in [1.807, 2.05) is 6.92 Å². The fourth-order valence-electron chi connectivity index (χ4n) is 2.95. The van der Waals surface area contributed by atoms with Gasteiger partial charge in [-0.2, -0.15) is 0 Å². The molecule has 1 aliphatic rings. The maximum Gasteiger partial charge on any atom is 0.142 e. The molecule has 0 unspecified atom stereocenters. The summed E-state index contributed by atoms with van der Waals surface area (Å²) in [6.45, 7) is 5.95. The number of anilines is 1. The lowest BCUT2D eigenvalue weighted by Gasteiger charge is -2.22. The van der Waals surface area contributed by atoms with Crippen molar-refractivity contribution in [1.82, 2.24) is 0 Å². The number of rotatable bonds is 6. The molecule has 0 saturated heterocycles. The lowest BCUT2D eigenvalue weighted by Crippen LogP contribution is -2.12. The average molecular weight is 261 g/mol. The molecule has 1 aliphatic carbocycles. The highest BCUT2D eigenvalue weighted by atomic mass is 16.5. The molecule has 2 rings (SSSR count). The molecule has 0 heterocycles. The van der Waals surface area contributed by atoms with Gasteiger partial charge >= 0.3 is 0 Å². The van der Waals surface area contributed by atoms with Gasteiger partial charge in [-0.05, 0) is 43.9 Å². The van der Waals surface area contributed by atoms with Gasteiger partial charge in [0.1, 0.15) is 5.75 Å². The van der Waals surface area contributed by atoms with Crippen molar-refractivity contribution in [2.45, 2.75) is 52.4 Å². The van der Waals surface area contributed by atoms with Crippen molar-refractivity contribution in [1.29, 1.82) is 0 Å². The van der Waals surface area contributed by atoms with Gasteiger partial charge in [0.25, 0.3) is 0 Å². The highest BCUT2D eigenvalue weighted by Crippen LogP contribution is 2.28. The van der Waals surface area contributed by atoms with E-state index in [1.54, 1.807) is 0 Å². The number of hydrogen-bond acceptors (Lipinski definition) is 2. The Morgan fingerprint density at radius 1 is 1.21 bits per heavy atom. The minimum absolute atomic E-state index is 0.723. The highest BCUT2D eigenvalue weighted by molar-refractivity contribution is 5.57. The van der Waals surface area contributed by atoms with E-state index in [0.717, 1.165) is 30.5 Å². The molecule has 0 aromatic heterocycles. The fourth-order valence-corrected chi connectivity index (χ4v) is 2.95. The Labute approximate surface area is 117 Å². The quantitative estimate of drug-likeness (QED) is 0.796. The molecular formula is C17H27NO. The molecule has 0 bridgehead atoms. The summed E-state index contributed by atoms with van der Waals surface area (Å²) >= 11 is 0. The third-order valence-electron chi connectivity index (χ3n) is 4.03. The topological polar surface area (TPSA) is 21.3 Å². The van der Waals surface area contributed by atoms with Crippen molar-refractivity contribution in [3.63, 3.8) is 0 Å². The van der Waals surface area contributed by atoms with Crippen LogP contribution in [0, 0.1) is 12.8 Å². The molecule has 0 amide bonds. The fraction of sp³-hybridized carbons (Fsp3) is 0.647. The van der Waals surface area contributed by atoms with Crippen molar-refractivity contribution in [3.05, 3.63) is 23.8 Å². The van der Waals surface area contributed by atoms with E-state index < -0.39 is 0 Å². The van der Waals surface area contributed by atoms with E-state index in [0.29, 0.717) is 0 Å². The van der Waals surface area contributed by atoms with Crippen LogP contribution in [0.5, 0.6) is 5.75 Å². The summed E-state index contributed by atoms with van der Waals surface area (Å²) < 4.78 is 5.67. The number of ether oxygens (including phenoxy) is 1. The van der Waals surface area contributed by atoms with E-state index in [9.17, 15) is 0 Å². The van der Waals surface area contributed by atoms with E-state index in [-0.39, 0.29) is 0 Å². The lowest BCUT2D eigenvalue weighted by atomic mass is 9.87. The van der Waals surface area contributed by atoms with Crippen LogP contribution in [0.25, 0.3) is 0 Å². The molecule has 1 aromatic rings. The summed E-state index contributed by atoms with van der Waals surface area (Å²) in [5.74, 6) is 1.92. The molecule has 1 aromatic carbocycles. The molecule has 1 saturated carbocycles. The van der Waals surface area contributed by atoms with Gasteiger partial charge in [-0.15, -0.1) is 0 Å². The first-order valence-electron chi connectivity index (χ1n) is 7.77. The standard InChI is InChI=1S/C17H27NO/c1-3-19-17-10-9-14(2)13-16(17)18-12-11-15-7-5-4-6-8-15/h9-10,13,15,18H,3-8,11-12H2,1-2H3. The van der Waals surface area contributed by atoms with Crippen molar-refractivity contribution in [3.8, 4) is 5.75 Å². The minimum atomic E-state index is 0.723. The SMILES string of the molecule is CCOc1ccc(C)cc1NCCC1CCCCC1. The summed E-state index contributed by atoms with van der Waals surface area (Å²) in [4.78, 5) is 0. The Bertz CT molecular complexity index is 383. The van der Waals surface area contributed by atoms with Gasteiger partial charge in [0.15, 0.2) is 0 Å². The third kappa shape index (κ3) is 4.45. The minimum Gasteiger partial charge on any atom is -0.492 e. The predicted octanol–water partition coefficient (Wildman–Crippen LogP) is 4.78. The molecule has 0 atom stereocenters. The van der Waals surface area contributed by atoms with E-state index >= 15 is 0 Å². The van der Waals surface area contributed by atoms with Gasteiger partial charge in [-0.3, -0.25) is 0 Å². The van der Waals surface area contributed by atoms with Crippen molar-refractivity contribution >= 4 is 5.69 Å². The molecule has 0 radical (unpaired) electrons. The van der Waals surface area contributed by atoms with Crippen LogP contribution in [0.2, 0.25) is 0 Å². The predicted molar refractivity (Wildman–Crippen MR) is 82.0 cm³/mol. The molecule has 0 spiro atoms. The van der Waals surface area contributed by atoms with Crippen LogP contribution in [-0.2, 0) is 0 Å². The zero-order chi connectivity index (χ0) is 13.5. The van der Waals surface area contributed by atoms with Crippen LogP contribution in [0.1, 0.15) is 51.0 Å². The van der Waals surface area contributed by atoms with Crippen LogP contribution in [0.3, 0.4) is 0 Å². The summed E-state index contributed by atoms with van der Waals surface area (Å²) in [5.41, 5.74) is 2.43. The summed E-state index contributed by atoms with van der Waals surface area (Å²) in [7, 11) is 0. The smallest absolute Gasteiger partial charge is 0.142 e. The second-order valence-corrected chi connectivity index (χ2v) is 5.65. The van der Waals surface area contributed by atoms with Gasteiger partial charge in [-0.1, -0.05) is 38.2 Å². The number of aryl methyl sites for hydroxylation is 1. The van der Waals surface area contributed by atoms with Crippen molar-refractivity contribution in [2.24, 2.45) is 5.92 Å². The van der Waals surface area contributed by atoms with Gasteiger partial charge in [-0.25, -0.2) is 0 Å². The van der Waals surface area contributed by atoms with E-state index in [1.165, 1.54) is 44.1 Å². The zero-order valence-corrected chi connectivity index (χ0v) is 12.4.